The van der Waals surface area contributed by atoms with E-state index >= 15 is 0 Å². The lowest BCUT2D eigenvalue weighted by Gasteiger charge is -2.04. The first-order valence-corrected chi connectivity index (χ1v) is 6.65. The standard InChI is InChI=1S/C13H17N5O3/c1-3-9-5-11(18(4-2)16-9)13(21)15-10-6-14-17(7-10)8-12(19)20/h5-7H,3-4,8H2,1-2H3,(H,15,21)(H,19,20). The first kappa shape index (κ1) is 14.8. The molecule has 0 bridgehead atoms. The molecule has 8 nitrogen and oxygen atoms in total. The topological polar surface area (TPSA) is 102 Å². The highest BCUT2D eigenvalue weighted by Gasteiger charge is 2.15. The number of aliphatic carboxylic acids is 1. The van der Waals surface area contributed by atoms with Crippen LogP contribution in [0.2, 0.25) is 0 Å². The van der Waals surface area contributed by atoms with Crippen molar-refractivity contribution in [2.45, 2.75) is 33.4 Å². The lowest BCUT2D eigenvalue weighted by atomic mass is 10.3. The van der Waals surface area contributed by atoms with Gasteiger partial charge in [-0.3, -0.25) is 19.0 Å². The first-order valence-electron chi connectivity index (χ1n) is 6.65. The molecule has 0 aliphatic carbocycles. The molecule has 2 rings (SSSR count). The molecule has 0 aliphatic rings. The third-order valence-electron chi connectivity index (χ3n) is 2.91. The minimum atomic E-state index is -0.993. The van der Waals surface area contributed by atoms with E-state index in [1.54, 1.807) is 10.7 Å². The third-order valence-corrected chi connectivity index (χ3v) is 2.91. The minimum Gasteiger partial charge on any atom is -0.480 e. The van der Waals surface area contributed by atoms with Crippen molar-refractivity contribution in [3.8, 4) is 0 Å². The Hall–Kier alpha value is -2.64. The van der Waals surface area contributed by atoms with Crippen molar-refractivity contribution in [1.29, 1.82) is 0 Å². The number of carbonyl (C=O) groups is 2. The van der Waals surface area contributed by atoms with Crippen LogP contribution in [0.4, 0.5) is 5.69 Å². The third kappa shape index (κ3) is 3.47. The average Bonchev–Trinajstić information content (AvgIpc) is 3.04. The number of aromatic nitrogens is 4. The average molecular weight is 291 g/mol. The summed E-state index contributed by atoms with van der Waals surface area (Å²) in [4.78, 5) is 22.8. The van der Waals surface area contributed by atoms with Crippen molar-refractivity contribution in [1.82, 2.24) is 19.6 Å². The molecule has 0 saturated carbocycles. The van der Waals surface area contributed by atoms with Gasteiger partial charge in [-0.05, 0) is 19.4 Å². The van der Waals surface area contributed by atoms with Gasteiger partial charge in [0, 0.05) is 12.7 Å². The number of aryl methyl sites for hydroxylation is 2. The molecule has 8 heteroatoms. The second kappa shape index (κ2) is 6.21. The van der Waals surface area contributed by atoms with Gasteiger partial charge in [-0.15, -0.1) is 0 Å². The molecule has 0 radical (unpaired) electrons. The monoisotopic (exact) mass is 291 g/mol. The molecule has 21 heavy (non-hydrogen) atoms. The van der Waals surface area contributed by atoms with Gasteiger partial charge in [0.2, 0.25) is 0 Å². The van der Waals surface area contributed by atoms with E-state index in [0.717, 1.165) is 12.1 Å². The molecule has 0 atom stereocenters. The second-order valence-corrected chi connectivity index (χ2v) is 4.46. The van der Waals surface area contributed by atoms with Crippen LogP contribution in [0.15, 0.2) is 18.5 Å². The minimum absolute atomic E-state index is 0.247. The summed E-state index contributed by atoms with van der Waals surface area (Å²) in [5, 5.41) is 19.5. The van der Waals surface area contributed by atoms with Gasteiger partial charge in [-0.25, -0.2) is 0 Å². The summed E-state index contributed by atoms with van der Waals surface area (Å²) < 4.78 is 2.88. The first-order chi connectivity index (χ1) is 10.0. The molecule has 2 aromatic heterocycles. The summed E-state index contributed by atoms with van der Waals surface area (Å²) in [6.45, 7) is 4.23. The Morgan fingerprint density at radius 1 is 1.38 bits per heavy atom. The molecule has 0 aliphatic heterocycles. The molecule has 0 saturated heterocycles. The largest absolute Gasteiger partial charge is 0.480 e. The summed E-state index contributed by atoms with van der Waals surface area (Å²) >= 11 is 0. The van der Waals surface area contributed by atoms with Gasteiger partial charge in [-0.1, -0.05) is 6.92 Å². The fourth-order valence-electron chi connectivity index (χ4n) is 1.92. The quantitative estimate of drug-likeness (QED) is 0.826. The molecule has 2 aromatic rings. The zero-order chi connectivity index (χ0) is 15.4. The van der Waals surface area contributed by atoms with Gasteiger partial charge < -0.3 is 10.4 Å². The lowest BCUT2D eigenvalue weighted by Crippen LogP contribution is -2.17. The van der Waals surface area contributed by atoms with Crippen molar-refractivity contribution < 1.29 is 14.7 Å². The predicted molar refractivity (Wildman–Crippen MR) is 75.1 cm³/mol. The number of carboxylic acid groups (broad SMARTS) is 1. The summed E-state index contributed by atoms with van der Waals surface area (Å²) in [6.07, 6.45) is 3.64. The van der Waals surface area contributed by atoms with Gasteiger partial charge in [0.1, 0.15) is 12.2 Å². The van der Waals surface area contributed by atoms with Crippen LogP contribution in [0, 0.1) is 0 Å². The smallest absolute Gasteiger partial charge is 0.325 e. The van der Waals surface area contributed by atoms with E-state index in [-0.39, 0.29) is 12.5 Å². The molecule has 0 unspecified atom stereocenters. The fraction of sp³-hybridized carbons (Fsp3) is 0.385. The van der Waals surface area contributed by atoms with Crippen molar-refractivity contribution in [3.05, 3.63) is 29.8 Å². The maximum atomic E-state index is 12.2. The predicted octanol–water partition coefficient (Wildman–Crippen LogP) is 0.999. The van der Waals surface area contributed by atoms with Crippen LogP contribution in [0.3, 0.4) is 0 Å². The summed E-state index contributed by atoms with van der Waals surface area (Å²) in [5.74, 6) is -1.29. The Labute approximate surface area is 121 Å². The number of nitrogens with one attached hydrogen (secondary N) is 1. The molecule has 2 N–H and O–H groups in total. The summed E-state index contributed by atoms with van der Waals surface area (Å²) in [5.41, 5.74) is 1.77. The molecule has 2 heterocycles. The Kier molecular flexibility index (Phi) is 4.36. The molecule has 0 fully saturated rings. The van der Waals surface area contributed by atoms with Crippen molar-refractivity contribution in [2.24, 2.45) is 0 Å². The molecule has 0 spiro atoms. The highest BCUT2D eigenvalue weighted by atomic mass is 16.4. The van der Waals surface area contributed by atoms with E-state index in [0.29, 0.717) is 17.9 Å². The number of carboxylic acids is 1. The lowest BCUT2D eigenvalue weighted by molar-refractivity contribution is -0.137. The zero-order valence-electron chi connectivity index (χ0n) is 11.9. The van der Waals surface area contributed by atoms with Gasteiger partial charge in [0.05, 0.1) is 17.6 Å². The molecular weight excluding hydrogens is 274 g/mol. The van der Waals surface area contributed by atoms with Crippen molar-refractivity contribution in [3.63, 3.8) is 0 Å². The van der Waals surface area contributed by atoms with Crippen LogP contribution in [0.25, 0.3) is 0 Å². The van der Waals surface area contributed by atoms with E-state index in [4.69, 9.17) is 5.11 Å². The highest BCUT2D eigenvalue weighted by Crippen LogP contribution is 2.10. The van der Waals surface area contributed by atoms with Crippen LogP contribution >= 0.6 is 0 Å². The zero-order valence-corrected chi connectivity index (χ0v) is 11.9. The van der Waals surface area contributed by atoms with Crippen LogP contribution in [-0.4, -0.2) is 36.5 Å². The molecule has 112 valence electrons. The van der Waals surface area contributed by atoms with Gasteiger partial charge in [0.25, 0.3) is 5.91 Å². The summed E-state index contributed by atoms with van der Waals surface area (Å²) in [7, 11) is 0. The normalized spacial score (nSPS) is 10.6. The van der Waals surface area contributed by atoms with E-state index in [9.17, 15) is 9.59 Å². The maximum Gasteiger partial charge on any atom is 0.325 e. The van der Waals surface area contributed by atoms with Crippen LogP contribution < -0.4 is 5.32 Å². The Bertz CT molecular complexity index is 659. The Morgan fingerprint density at radius 2 is 2.14 bits per heavy atom. The van der Waals surface area contributed by atoms with E-state index < -0.39 is 5.97 Å². The number of hydrogen-bond donors (Lipinski definition) is 2. The molecule has 1 amide bonds. The number of nitrogens with zero attached hydrogens (tertiary/aromatic N) is 4. The highest BCUT2D eigenvalue weighted by molar-refractivity contribution is 6.03. The van der Waals surface area contributed by atoms with Crippen LogP contribution in [0.1, 0.15) is 30.0 Å². The fourth-order valence-corrected chi connectivity index (χ4v) is 1.92. The van der Waals surface area contributed by atoms with E-state index in [1.807, 2.05) is 13.8 Å². The van der Waals surface area contributed by atoms with E-state index in [1.165, 1.54) is 17.1 Å². The maximum absolute atomic E-state index is 12.2. The van der Waals surface area contributed by atoms with Crippen LogP contribution in [-0.2, 0) is 24.3 Å². The SMILES string of the molecule is CCc1cc(C(=O)Nc2cnn(CC(=O)O)c2)n(CC)n1. The number of amides is 1. The van der Waals surface area contributed by atoms with Gasteiger partial charge in [-0.2, -0.15) is 10.2 Å². The van der Waals surface area contributed by atoms with Gasteiger partial charge >= 0.3 is 5.97 Å². The molecular formula is C13H17N5O3. The molecule has 0 aromatic carbocycles. The number of hydrogen-bond acceptors (Lipinski definition) is 4. The Morgan fingerprint density at radius 3 is 2.76 bits per heavy atom. The number of carbonyl (C=O) groups excluding carboxylic acids is 1. The van der Waals surface area contributed by atoms with Crippen molar-refractivity contribution >= 4 is 17.6 Å². The Balaban J connectivity index is 2.12. The van der Waals surface area contributed by atoms with E-state index in [2.05, 4.69) is 15.5 Å². The number of anilines is 1. The second-order valence-electron chi connectivity index (χ2n) is 4.46. The number of rotatable bonds is 6. The van der Waals surface area contributed by atoms with Gasteiger partial charge in [0.15, 0.2) is 0 Å². The van der Waals surface area contributed by atoms with Crippen LogP contribution in [0.5, 0.6) is 0 Å². The van der Waals surface area contributed by atoms with Crippen molar-refractivity contribution in [2.75, 3.05) is 5.32 Å². The summed E-state index contributed by atoms with van der Waals surface area (Å²) in [6, 6.07) is 1.75.